The van der Waals surface area contributed by atoms with E-state index in [1.165, 1.54) is 12.8 Å². The van der Waals surface area contributed by atoms with E-state index >= 15 is 0 Å². The Morgan fingerprint density at radius 1 is 1.33 bits per heavy atom. The van der Waals surface area contributed by atoms with Gasteiger partial charge in [-0.15, -0.1) is 0 Å². The summed E-state index contributed by atoms with van der Waals surface area (Å²) in [6.07, 6.45) is 3.65. The molecule has 1 heterocycles. The van der Waals surface area contributed by atoms with Crippen LogP contribution >= 0.6 is 0 Å². The van der Waals surface area contributed by atoms with E-state index in [1.807, 2.05) is 0 Å². The molecule has 0 aromatic carbocycles. The van der Waals surface area contributed by atoms with Gasteiger partial charge in [0.05, 0.1) is 11.5 Å². The molecular formula is C10H20N2O2S. The Hall–Kier alpha value is -0.130. The van der Waals surface area contributed by atoms with E-state index in [4.69, 9.17) is 0 Å². The first kappa shape index (κ1) is 11.4. The molecule has 1 aliphatic heterocycles. The largest absolute Gasteiger partial charge is 0.316 e. The molecule has 2 rings (SSSR count). The van der Waals surface area contributed by atoms with Crippen molar-refractivity contribution in [2.24, 2.45) is 5.92 Å². The van der Waals surface area contributed by atoms with Crippen molar-refractivity contribution >= 4 is 9.84 Å². The maximum atomic E-state index is 11.4. The van der Waals surface area contributed by atoms with Crippen LogP contribution < -0.4 is 10.6 Å². The van der Waals surface area contributed by atoms with E-state index in [1.54, 1.807) is 0 Å². The van der Waals surface area contributed by atoms with E-state index in [2.05, 4.69) is 10.6 Å². The molecule has 1 unspecified atom stereocenters. The minimum Gasteiger partial charge on any atom is -0.316 e. The third-order valence-electron chi connectivity index (χ3n) is 3.10. The molecule has 15 heavy (non-hydrogen) atoms. The van der Waals surface area contributed by atoms with Gasteiger partial charge in [0.15, 0.2) is 9.84 Å². The summed E-state index contributed by atoms with van der Waals surface area (Å²) >= 11 is 0. The van der Waals surface area contributed by atoms with Gasteiger partial charge in [0.25, 0.3) is 0 Å². The van der Waals surface area contributed by atoms with E-state index in [0.717, 1.165) is 25.4 Å². The lowest BCUT2D eigenvalue weighted by atomic mass is 10.2. The van der Waals surface area contributed by atoms with Crippen molar-refractivity contribution < 1.29 is 8.42 Å². The summed E-state index contributed by atoms with van der Waals surface area (Å²) in [6, 6.07) is 0.162. The minimum absolute atomic E-state index is 0.162. The molecule has 2 fully saturated rings. The molecule has 2 N–H and O–H groups in total. The van der Waals surface area contributed by atoms with E-state index < -0.39 is 9.84 Å². The predicted octanol–water partition coefficient (Wildman–Crippen LogP) is -0.237. The average molecular weight is 232 g/mol. The van der Waals surface area contributed by atoms with Gasteiger partial charge in [0.2, 0.25) is 0 Å². The van der Waals surface area contributed by atoms with Crippen LogP contribution in [-0.4, -0.2) is 45.6 Å². The van der Waals surface area contributed by atoms with Crippen LogP contribution in [0.25, 0.3) is 0 Å². The molecule has 0 aromatic heterocycles. The fraction of sp³-hybridized carbons (Fsp3) is 1.00. The van der Waals surface area contributed by atoms with Gasteiger partial charge in [-0.1, -0.05) is 0 Å². The third-order valence-corrected chi connectivity index (χ3v) is 4.84. The highest BCUT2D eigenvalue weighted by atomic mass is 32.2. The van der Waals surface area contributed by atoms with Crippen LogP contribution in [-0.2, 0) is 9.84 Å². The third kappa shape index (κ3) is 4.09. The molecule has 2 aliphatic rings. The Bertz CT molecular complexity index is 299. The summed E-state index contributed by atoms with van der Waals surface area (Å²) in [5, 5.41) is 6.65. The zero-order valence-electron chi connectivity index (χ0n) is 9.04. The summed E-state index contributed by atoms with van der Waals surface area (Å²) in [5.74, 6) is 1.52. The molecule has 1 atom stereocenters. The van der Waals surface area contributed by atoms with E-state index in [-0.39, 0.29) is 6.04 Å². The lowest BCUT2D eigenvalue weighted by Gasteiger charge is -2.23. The van der Waals surface area contributed by atoms with E-state index in [0.29, 0.717) is 18.1 Å². The number of rotatable bonds is 5. The first-order chi connectivity index (χ1) is 7.16. The topological polar surface area (TPSA) is 58.2 Å². The molecular weight excluding hydrogens is 212 g/mol. The highest BCUT2D eigenvalue weighted by molar-refractivity contribution is 7.91. The molecule has 5 heteroatoms. The second kappa shape index (κ2) is 4.80. The van der Waals surface area contributed by atoms with Crippen molar-refractivity contribution in [3.63, 3.8) is 0 Å². The zero-order chi connectivity index (χ0) is 10.7. The Labute approximate surface area is 91.7 Å². The standard InChI is InChI=1S/C10H20N2O2S/c13-15(14)6-5-12-10(8-15)3-4-11-7-9-1-2-9/h9-12H,1-8H2. The highest BCUT2D eigenvalue weighted by Crippen LogP contribution is 2.27. The van der Waals surface area contributed by atoms with Crippen LogP contribution in [0.2, 0.25) is 0 Å². The Morgan fingerprint density at radius 3 is 2.80 bits per heavy atom. The zero-order valence-corrected chi connectivity index (χ0v) is 9.85. The SMILES string of the molecule is O=S1(=O)CCNC(CCNCC2CC2)C1. The smallest absolute Gasteiger partial charge is 0.153 e. The normalized spacial score (nSPS) is 30.3. The predicted molar refractivity (Wildman–Crippen MR) is 60.7 cm³/mol. The number of hydrogen-bond acceptors (Lipinski definition) is 4. The van der Waals surface area contributed by atoms with Crippen molar-refractivity contribution in [1.29, 1.82) is 0 Å². The fourth-order valence-corrected chi connectivity index (χ4v) is 3.45. The molecule has 1 saturated heterocycles. The minimum atomic E-state index is -2.76. The van der Waals surface area contributed by atoms with Crippen LogP contribution in [0.4, 0.5) is 0 Å². The monoisotopic (exact) mass is 232 g/mol. The molecule has 0 bridgehead atoms. The molecule has 0 radical (unpaired) electrons. The molecule has 1 saturated carbocycles. The lowest BCUT2D eigenvalue weighted by molar-refractivity contribution is 0.476. The van der Waals surface area contributed by atoms with Gasteiger partial charge in [-0.2, -0.15) is 0 Å². The van der Waals surface area contributed by atoms with Gasteiger partial charge in [-0.05, 0) is 38.3 Å². The van der Waals surface area contributed by atoms with Crippen molar-refractivity contribution in [3.8, 4) is 0 Å². The van der Waals surface area contributed by atoms with Gasteiger partial charge in [0.1, 0.15) is 0 Å². The van der Waals surface area contributed by atoms with Crippen molar-refractivity contribution in [3.05, 3.63) is 0 Å². The van der Waals surface area contributed by atoms with Crippen molar-refractivity contribution in [2.45, 2.75) is 25.3 Å². The Balaban J connectivity index is 1.61. The van der Waals surface area contributed by atoms with Crippen LogP contribution in [0.3, 0.4) is 0 Å². The van der Waals surface area contributed by atoms with Crippen LogP contribution in [0.1, 0.15) is 19.3 Å². The average Bonchev–Trinajstić information content (AvgIpc) is 2.94. The van der Waals surface area contributed by atoms with Gasteiger partial charge in [0, 0.05) is 12.6 Å². The molecule has 0 amide bonds. The first-order valence-corrected chi connectivity index (χ1v) is 7.62. The maximum Gasteiger partial charge on any atom is 0.153 e. The molecule has 0 aromatic rings. The van der Waals surface area contributed by atoms with Crippen LogP contribution in [0.5, 0.6) is 0 Å². The van der Waals surface area contributed by atoms with Crippen LogP contribution in [0, 0.1) is 5.92 Å². The number of sulfone groups is 1. The second-order valence-corrected chi connectivity index (χ2v) is 6.93. The van der Waals surface area contributed by atoms with Gasteiger partial charge < -0.3 is 10.6 Å². The van der Waals surface area contributed by atoms with Crippen LogP contribution in [0.15, 0.2) is 0 Å². The fourth-order valence-electron chi connectivity index (χ4n) is 1.96. The van der Waals surface area contributed by atoms with Gasteiger partial charge >= 0.3 is 0 Å². The molecule has 1 aliphatic carbocycles. The second-order valence-electron chi connectivity index (χ2n) is 4.70. The quantitative estimate of drug-likeness (QED) is 0.643. The molecule has 4 nitrogen and oxygen atoms in total. The maximum absolute atomic E-state index is 11.4. The van der Waals surface area contributed by atoms with E-state index in [9.17, 15) is 8.42 Å². The van der Waals surface area contributed by atoms with Gasteiger partial charge in [-0.25, -0.2) is 8.42 Å². The van der Waals surface area contributed by atoms with Gasteiger partial charge in [-0.3, -0.25) is 0 Å². The Morgan fingerprint density at radius 2 is 2.13 bits per heavy atom. The summed E-state index contributed by atoms with van der Waals surface area (Å²) in [4.78, 5) is 0. The highest BCUT2D eigenvalue weighted by Gasteiger charge is 2.24. The summed E-state index contributed by atoms with van der Waals surface area (Å²) in [7, 11) is -2.76. The number of nitrogens with one attached hydrogen (secondary N) is 2. The van der Waals surface area contributed by atoms with Crippen molar-refractivity contribution in [2.75, 3.05) is 31.1 Å². The lowest BCUT2D eigenvalue weighted by Crippen LogP contribution is -2.46. The summed E-state index contributed by atoms with van der Waals surface area (Å²) in [6.45, 7) is 2.67. The summed E-state index contributed by atoms with van der Waals surface area (Å²) < 4.78 is 22.7. The summed E-state index contributed by atoms with van der Waals surface area (Å²) in [5.41, 5.74) is 0. The molecule has 88 valence electrons. The Kier molecular flexibility index (Phi) is 3.64. The number of hydrogen-bond donors (Lipinski definition) is 2. The van der Waals surface area contributed by atoms with Crippen molar-refractivity contribution in [1.82, 2.24) is 10.6 Å². The molecule has 0 spiro atoms. The first-order valence-electron chi connectivity index (χ1n) is 5.80.